The lowest BCUT2D eigenvalue weighted by molar-refractivity contribution is 0.0364. The summed E-state index contributed by atoms with van der Waals surface area (Å²) in [5, 5.41) is 0. The molecule has 3 nitrogen and oxygen atoms in total. The molecule has 2 rings (SSSR count). The van der Waals surface area contributed by atoms with Crippen molar-refractivity contribution in [3.63, 3.8) is 0 Å². The fourth-order valence-corrected chi connectivity index (χ4v) is 1.50. The van der Waals surface area contributed by atoms with E-state index in [1.54, 1.807) is 0 Å². The van der Waals surface area contributed by atoms with Crippen LogP contribution >= 0.6 is 15.9 Å². The number of hydrogen-bond donors (Lipinski definition) is 1. The number of rotatable bonds is 2. The maximum absolute atomic E-state index is 5.23. The molecule has 1 aromatic rings. The molecule has 0 spiro atoms. The molecule has 1 unspecified atom stereocenters. The minimum atomic E-state index is -0.0475. The second-order valence-electron chi connectivity index (χ2n) is 3.07. The topological polar surface area (TPSA) is 33.6 Å². The normalized spacial score (nSPS) is 20.4. The lowest BCUT2D eigenvalue weighted by Crippen LogP contribution is -2.18. The van der Waals surface area contributed by atoms with Gasteiger partial charge in [0.15, 0.2) is 12.1 Å². The average Bonchev–Trinajstić information content (AvgIpc) is 2.67. The first-order valence-corrected chi connectivity index (χ1v) is 5.34. The zero-order valence-corrected chi connectivity index (χ0v) is 9.41. The molecule has 1 N–H and O–H groups in total. The Hall–Kier alpha value is -0.870. The first-order valence-electron chi connectivity index (χ1n) is 4.55. The largest absolute Gasteiger partial charge is 0.248 e. The van der Waals surface area contributed by atoms with E-state index in [0.717, 1.165) is 22.3 Å². The van der Waals surface area contributed by atoms with Crippen LogP contribution in [0.1, 0.15) is 18.9 Å². The molecule has 1 heterocycles. The van der Waals surface area contributed by atoms with Crippen LogP contribution in [-0.4, -0.2) is 12.1 Å². The van der Waals surface area contributed by atoms with Crippen LogP contribution in [0.4, 0.5) is 0 Å². The highest BCUT2D eigenvalue weighted by Gasteiger charge is 2.16. The average molecular weight is 255 g/mol. The third-order valence-electron chi connectivity index (χ3n) is 2.03. The van der Waals surface area contributed by atoms with Gasteiger partial charge in [0.25, 0.3) is 0 Å². The number of amidine groups is 1. The molecule has 74 valence electrons. The predicted octanol–water partition coefficient (Wildman–Crippen LogP) is 2.47. The molecular weight excluding hydrogens is 244 g/mol. The van der Waals surface area contributed by atoms with Crippen molar-refractivity contribution in [3.05, 3.63) is 34.3 Å². The molecule has 0 saturated heterocycles. The van der Waals surface area contributed by atoms with Crippen LogP contribution in [0.5, 0.6) is 0 Å². The Morgan fingerprint density at radius 1 is 1.43 bits per heavy atom. The van der Waals surface area contributed by atoms with Crippen LogP contribution in [-0.2, 0) is 4.84 Å². The highest BCUT2D eigenvalue weighted by molar-refractivity contribution is 9.10. The van der Waals surface area contributed by atoms with Gasteiger partial charge in [0, 0.05) is 10.0 Å². The fourth-order valence-electron chi connectivity index (χ4n) is 1.24. The summed E-state index contributed by atoms with van der Waals surface area (Å²) in [5.41, 5.74) is 3.87. The minimum absolute atomic E-state index is 0.0475. The number of nitrogens with zero attached hydrogens (tertiary/aromatic N) is 1. The summed E-state index contributed by atoms with van der Waals surface area (Å²) in [4.78, 5) is 9.61. The van der Waals surface area contributed by atoms with E-state index in [9.17, 15) is 0 Å². The molecule has 0 saturated carbocycles. The molecule has 0 amide bonds. The van der Waals surface area contributed by atoms with Gasteiger partial charge in [0.2, 0.25) is 0 Å². The summed E-state index contributed by atoms with van der Waals surface area (Å²) < 4.78 is 1.06. The van der Waals surface area contributed by atoms with Crippen LogP contribution in [0.15, 0.2) is 33.7 Å². The van der Waals surface area contributed by atoms with Gasteiger partial charge < -0.3 is 0 Å². The van der Waals surface area contributed by atoms with Crippen molar-refractivity contribution in [2.45, 2.75) is 19.6 Å². The number of hydroxylamine groups is 1. The standard InChI is InChI=1S/C10H11BrN2O/c1-2-9-12-10(13-14-9)7-3-5-8(11)6-4-7/h3-6,9H,2H2,1H3,(H,12,13). The number of hydrogen-bond acceptors (Lipinski definition) is 3. The molecule has 1 aromatic carbocycles. The monoisotopic (exact) mass is 254 g/mol. The van der Waals surface area contributed by atoms with E-state index >= 15 is 0 Å². The van der Waals surface area contributed by atoms with Gasteiger partial charge in [-0.05, 0) is 18.6 Å². The first kappa shape index (κ1) is 9.68. The molecule has 0 aromatic heterocycles. The summed E-state index contributed by atoms with van der Waals surface area (Å²) in [6, 6.07) is 7.96. The fraction of sp³-hybridized carbons (Fsp3) is 0.300. The van der Waals surface area contributed by atoms with E-state index in [-0.39, 0.29) is 6.23 Å². The number of nitrogens with one attached hydrogen (secondary N) is 1. The van der Waals surface area contributed by atoms with Gasteiger partial charge in [-0.2, -0.15) is 0 Å². The Labute approximate surface area is 91.3 Å². The Morgan fingerprint density at radius 2 is 2.14 bits per heavy atom. The van der Waals surface area contributed by atoms with Crippen molar-refractivity contribution in [3.8, 4) is 0 Å². The molecule has 0 radical (unpaired) electrons. The van der Waals surface area contributed by atoms with Gasteiger partial charge >= 0.3 is 0 Å². The van der Waals surface area contributed by atoms with Gasteiger partial charge in [0.1, 0.15) is 0 Å². The van der Waals surface area contributed by atoms with E-state index in [1.165, 1.54) is 0 Å². The van der Waals surface area contributed by atoms with Gasteiger partial charge in [-0.15, -0.1) is 0 Å². The van der Waals surface area contributed by atoms with Crippen LogP contribution in [0.3, 0.4) is 0 Å². The zero-order chi connectivity index (χ0) is 9.97. The zero-order valence-electron chi connectivity index (χ0n) is 7.83. The highest BCUT2D eigenvalue weighted by atomic mass is 79.9. The Kier molecular flexibility index (Phi) is 2.84. The molecule has 14 heavy (non-hydrogen) atoms. The highest BCUT2D eigenvalue weighted by Crippen LogP contribution is 2.14. The molecule has 1 aliphatic rings. The molecular formula is C10H11BrN2O. The Balaban J connectivity index is 2.20. The second kappa shape index (κ2) is 4.11. The lowest BCUT2D eigenvalue weighted by Gasteiger charge is -2.00. The van der Waals surface area contributed by atoms with Gasteiger partial charge in [0.05, 0.1) is 0 Å². The lowest BCUT2D eigenvalue weighted by atomic mass is 10.2. The summed E-state index contributed by atoms with van der Waals surface area (Å²) >= 11 is 3.39. The number of aliphatic imine (C=N–C) groups is 1. The molecule has 0 bridgehead atoms. The van der Waals surface area contributed by atoms with E-state index in [0.29, 0.717) is 0 Å². The van der Waals surface area contributed by atoms with Crippen molar-refractivity contribution in [1.29, 1.82) is 0 Å². The van der Waals surface area contributed by atoms with E-state index < -0.39 is 0 Å². The summed E-state index contributed by atoms with van der Waals surface area (Å²) in [6.45, 7) is 2.04. The summed E-state index contributed by atoms with van der Waals surface area (Å²) in [5.74, 6) is 0.810. The van der Waals surface area contributed by atoms with Crippen molar-refractivity contribution >= 4 is 21.8 Å². The quantitative estimate of drug-likeness (QED) is 0.880. The van der Waals surface area contributed by atoms with Crippen molar-refractivity contribution in [2.75, 3.05) is 0 Å². The SMILES string of the molecule is CCC1N=C(c2ccc(Br)cc2)NO1. The summed E-state index contributed by atoms with van der Waals surface area (Å²) in [6.07, 6.45) is 0.834. The first-order chi connectivity index (χ1) is 6.79. The maximum atomic E-state index is 5.23. The molecule has 4 heteroatoms. The van der Waals surface area contributed by atoms with Gasteiger partial charge in [-0.25, -0.2) is 15.3 Å². The van der Waals surface area contributed by atoms with E-state index in [4.69, 9.17) is 4.84 Å². The Morgan fingerprint density at radius 3 is 2.71 bits per heavy atom. The third-order valence-corrected chi connectivity index (χ3v) is 2.56. The summed E-state index contributed by atoms with van der Waals surface area (Å²) in [7, 11) is 0. The third kappa shape index (κ3) is 1.96. The molecule has 0 fully saturated rings. The smallest absolute Gasteiger partial charge is 0.177 e. The van der Waals surface area contributed by atoms with Crippen LogP contribution in [0.2, 0.25) is 0 Å². The van der Waals surface area contributed by atoms with Crippen molar-refractivity contribution < 1.29 is 4.84 Å². The van der Waals surface area contributed by atoms with Crippen LogP contribution in [0, 0.1) is 0 Å². The van der Waals surface area contributed by atoms with Crippen LogP contribution < -0.4 is 5.48 Å². The van der Waals surface area contributed by atoms with E-state index in [2.05, 4.69) is 26.4 Å². The maximum Gasteiger partial charge on any atom is 0.177 e. The van der Waals surface area contributed by atoms with Crippen molar-refractivity contribution in [2.24, 2.45) is 4.99 Å². The Bertz CT molecular complexity index is 348. The number of halogens is 1. The van der Waals surface area contributed by atoms with Gasteiger partial charge in [-0.3, -0.25) is 0 Å². The predicted molar refractivity (Wildman–Crippen MR) is 59.0 cm³/mol. The molecule has 1 atom stereocenters. The second-order valence-corrected chi connectivity index (χ2v) is 3.98. The van der Waals surface area contributed by atoms with Crippen molar-refractivity contribution in [1.82, 2.24) is 5.48 Å². The van der Waals surface area contributed by atoms with Crippen LogP contribution in [0.25, 0.3) is 0 Å². The minimum Gasteiger partial charge on any atom is -0.248 e. The molecule has 1 aliphatic heterocycles. The van der Waals surface area contributed by atoms with E-state index in [1.807, 2.05) is 31.2 Å². The molecule has 0 aliphatic carbocycles. The van der Waals surface area contributed by atoms with Gasteiger partial charge in [-0.1, -0.05) is 35.0 Å². The number of benzene rings is 1.